The van der Waals surface area contributed by atoms with Crippen LogP contribution in [0.2, 0.25) is 0 Å². The molecular weight excluding hydrogens is 299 g/mol. The van der Waals surface area contributed by atoms with Crippen molar-refractivity contribution in [2.24, 2.45) is 0 Å². The molecule has 3 nitrogen and oxygen atoms in total. The molecule has 1 aromatic heterocycles. The molecule has 1 unspecified atom stereocenters. The van der Waals surface area contributed by atoms with Crippen LogP contribution in [0.5, 0.6) is 0 Å². The first-order valence-corrected chi connectivity index (χ1v) is 8.74. The quantitative estimate of drug-likeness (QED) is 0.662. The largest absolute Gasteiger partial charge is 0.360 e. The average molecular weight is 314 g/mol. The molecule has 0 bridgehead atoms. The summed E-state index contributed by atoms with van der Waals surface area (Å²) in [5.41, 5.74) is 3.80. The number of aromatic nitrogens is 1. The fourth-order valence-corrected chi connectivity index (χ4v) is 4.83. The first-order chi connectivity index (χ1) is 10.5. The topological polar surface area (TPSA) is 44.9 Å². The molecule has 0 amide bonds. The van der Waals surface area contributed by atoms with E-state index in [-0.39, 0.29) is 11.9 Å². The van der Waals surface area contributed by atoms with E-state index in [0.717, 1.165) is 32.5 Å². The molecule has 2 N–H and O–H groups in total. The lowest BCUT2D eigenvalue weighted by Gasteiger charge is -2.06. The maximum absolute atomic E-state index is 13.3. The van der Waals surface area contributed by atoms with Gasteiger partial charge >= 0.3 is 0 Å². The Kier molecular flexibility index (Phi) is 2.74. The Hall–Kier alpha value is -2.11. The van der Waals surface area contributed by atoms with E-state index < -0.39 is 9.71 Å². The summed E-state index contributed by atoms with van der Waals surface area (Å²) in [6, 6.07) is 10.6. The van der Waals surface area contributed by atoms with Gasteiger partial charge in [-0.2, -0.15) is 0 Å². The van der Waals surface area contributed by atoms with E-state index in [0.29, 0.717) is 0 Å². The zero-order chi connectivity index (χ0) is 15.5. The SMILES string of the molecule is C=S1(=O)N[C@@H](C)c2cc(-c3c[nH]c4cc(F)ccc34)ccc21. The van der Waals surface area contributed by atoms with Gasteiger partial charge in [0.25, 0.3) is 0 Å². The molecule has 2 atom stereocenters. The third-order valence-corrected chi connectivity index (χ3v) is 5.97. The molecule has 5 heteroatoms. The fourth-order valence-electron chi connectivity index (χ4n) is 3.10. The molecular formula is C17H15FN2OS. The van der Waals surface area contributed by atoms with Crippen LogP contribution in [0, 0.1) is 5.82 Å². The predicted molar refractivity (Wildman–Crippen MR) is 88.8 cm³/mol. The summed E-state index contributed by atoms with van der Waals surface area (Å²) in [6.45, 7) is 1.98. The molecule has 1 aliphatic rings. The Balaban J connectivity index is 1.92. The Morgan fingerprint density at radius 1 is 1.23 bits per heavy atom. The van der Waals surface area contributed by atoms with Crippen LogP contribution in [-0.4, -0.2) is 15.1 Å². The summed E-state index contributed by atoms with van der Waals surface area (Å²) in [4.78, 5) is 3.87. The summed E-state index contributed by atoms with van der Waals surface area (Å²) in [5.74, 6) is 3.52. The van der Waals surface area contributed by atoms with Crippen LogP contribution in [0.15, 0.2) is 47.5 Å². The summed E-state index contributed by atoms with van der Waals surface area (Å²) >= 11 is 0. The summed E-state index contributed by atoms with van der Waals surface area (Å²) in [5, 5.41) is 0.968. The van der Waals surface area contributed by atoms with E-state index in [9.17, 15) is 8.60 Å². The van der Waals surface area contributed by atoms with E-state index in [1.807, 2.05) is 31.3 Å². The van der Waals surface area contributed by atoms with Crippen LogP contribution in [0.25, 0.3) is 22.0 Å². The Labute approximate surface area is 128 Å². The van der Waals surface area contributed by atoms with Gasteiger partial charge in [-0.15, -0.1) is 0 Å². The van der Waals surface area contributed by atoms with Crippen molar-refractivity contribution in [1.82, 2.24) is 9.71 Å². The number of hydrogen-bond donors (Lipinski definition) is 2. The van der Waals surface area contributed by atoms with Crippen LogP contribution < -0.4 is 4.72 Å². The Bertz CT molecular complexity index is 1000. The van der Waals surface area contributed by atoms with E-state index in [1.54, 1.807) is 6.07 Å². The van der Waals surface area contributed by atoms with E-state index in [2.05, 4.69) is 15.6 Å². The number of H-pyrrole nitrogens is 1. The number of halogens is 1. The monoisotopic (exact) mass is 314 g/mol. The van der Waals surface area contributed by atoms with Gasteiger partial charge < -0.3 is 4.98 Å². The number of hydrogen-bond acceptors (Lipinski definition) is 1. The predicted octanol–water partition coefficient (Wildman–Crippen LogP) is 3.63. The lowest BCUT2D eigenvalue weighted by molar-refractivity contribution is 0.629. The van der Waals surface area contributed by atoms with Crippen molar-refractivity contribution in [3.8, 4) is 11.1 Å². The molecule has 112 valence electrons. The molecule has 1 aliphatic heterocycles. The van der Waals surface area contributed by atoms with Gasteiger partial charge in [-0.1, -0.05) is 6.07 Å². The Morgan fingerprint density at radius 2 is 2.05 bits per heavy atom. The average Bonchev–Trinajstić information content (AvgIpc) is 2.97. The van der Waals surface area contributed by atoms with Crippen LogP contribution in [0.4, 0.5) is 4.39 Å². The first-order valence-electron chi connectivity index (χ1n) is 7.01. The summed E-state index contributed by atoms with van der Waals surface area (Å²) in [7, 11) is -2.40. The first kappa shape index (κ1) is 13.5. The van der Waals surface area contributed by atoms with Gasteiger partial charge in [0.2, 0.25) is 0 Å². The molecule has 22 heavy (non-hydrogen) atoms. The van der Waals surface area contributed by atoms with E-state index in [4.69, 9.17) is 0 Å². The maximum Gasteiger partial charge on any atom is 0.125 e. The maximum atomic E-state index is 13.3. The Morgan fingerprint density at radius 3 is 2.86 bits per heavy atom. The standard InChI is InChI=1S/C17H15FN2OS/c1-10-14-7-11(3-6-17(14)22(2,21)20-10)15-9-19-16-8-12(18)4-5-13(15)16/h3-10,19H,2H2,1H3,(H,20,21)/t10-,22?/m0/s1. The van der Waals surface area contributed by atoms with Gasteiger partial charge in [-0.25, -0.2) is 13.3 Å². The minimum Gasteiger partial charge on any atom is -0.360 e. The second-order valence-electron chi connectivity index (χ2n) is 5.66. The molecule has 0 spiro atoms. The van der Waals surface area contributed by atoms with Crippen LogP contribution in [0.3, 0.4) is 0 Å². The summed E-state index contributed by atoms with van der Waals surface area (Å²) in [6.07, 6.45) is 1.88. The van der Waals surface area contributed by atoms with E-state index in [1.165, 1.54) is 12.1 Å². The minimum absolute atomic E-state index is 0.00241. The lowest BCUT2D eigenvalue weighted by atomic mass is 10.00. The van der Waals surface area contributed by atoms with Crippen LogP contribution in [-0.2, 0) is 9.71 Å². The van der Waals surface area contributed by atoms with Crippen molar-refractivity contribution in [1.29, 1.82) is 0 Å². The highest BCUT2D eigenvalue weighted by Crippen LogP contribution is 2.36. The second kappa shape index (κ2) is 4.44. The van der Waals surface area contributed by atoms with Crippen molar-refractivity contribution < 1.29 is 8.60 Å². The molecule has 2 heterocycles. The number of benzene rings is 2. The highest BCUT2D eigenvalue weighted by atomic mass is 32.2. The molecule has 4 rings (SSSR count). The van der Waals surface area contributed by atoms with Gasteiger partial charge in [0.05, 0.1) is 9.71 Å². The number of nitrogens with one attached hydrogen (secondary N) is 2. The van der Waals surface area contributed by atoms with Gasteiger partial charge in [-0.3, -0.25) is 0 Å². The van der Waals surface area contributed by atoms with E-state index >= 15 is 0 Å². The zero-order valence-corrected chi connectivity index (χ0v) is 12.8. The number of aromatic amines is 1. The highest BCUT2D eigenvalue weighted by molar-refractivity contribution is 7.98. The third-order valence-electron chi connectivity index (χ3n) is 4.15. The normalized spacial score (nSPS) is 23.8. The molecule has 0 saturated heterocycles. The fraction of sp³-hybridized carbons (Fsp3) is 0.118. The van der Waals surface area contributed by atoms with Crippen LogP contribution in [0.1, 0.15) is 18.5 Å². The highest BCUT2D eigenvalue weighted by Gasteiger charge is 2.27. The molecule has 2 aromatic carbocycles. The lowest BCUT2D eigenvalue weighted by Crippen LogP contribution is -2.16. The minimum atomic E-state index is -2.40. The van der Waals surface area contributed by atoms with Crippen LogP contribution >= 0.6 is 0 Å². The molecule has 0 fully saturated rings. The van der Waals surface area contributed by atoms with Gasteiger partial charge in [0, 0.05) is 33.6 Å². The van der Waals surface area contributed by atoms with Crippen molar-refractivity contribution >= 4 is 26.5 Å². The molecule has 0 radical (unpaired) electrons. The zero-order valence-electron chi connectivity index (χ0n) is 12.0. The molecule has 0 saturated carbocycles. The van der Waals surface area contributed by atoms with Crippen molar-refractivity contribution in [2.45, 2.75) is 17.9 Å². The number of fused-ring (bicyclic) bond motifs is 2. The van der Waals surface area contributed by atoms with Crippen molar-refractivity contribution in [3.05, 3.63) is 54.0 Å². The summed E-state index contributed by atoms with van der Waals surface area (Å²) < 4.78 is 28.7. The molecule has 0 aliphatic carbocycles. The second-order valence-corrected chi connectivity index (χ2v) is 7.69. The molecule has 3 aromatic rings. The third kappa shape index (κ3) is 1.90. The van der Waals surface area contributed by atoms with Gasteiger partial charge in [0.1, 0.15) is 5.82 Å². The van der Waals surface area contributed by atoms with Crippen molar-refractivity contribution in [3.63, 3.8) is 0 Å². The smallest absolute Gasteiger partial charge is 0.125 e. The van der Waals surface area contributed by atoms with Gasteiger partial charge in [-0.05, 0) is 54.3 Å². The number of rotatable bonds is 1. The van der Waals surface area contributed by atoms with Gasteiger partial charge in [0.15, 0.2) is 0 Å². The van der Waals surface area contributed by atoms with Crippen molar-refractivity contribution in [2.75, 3.05) is 0 Å².